The number of thioether (sulfide) groups is 1. The lowest BCUT2D eigenvalue weighted by Gasteiger charge is -2.26. The van der Waals surface area contributed by atoms with Gasteiger partial charge in [-0.05, 0) is 24.0 Å². The fraction of sp³-hybridized carbons (Fsp3) is 0.400. The largest absolute Gasteiger partial charge is 0.380 e. The molecule has 1 aromatic rings. The highest BCUT2D eigenvalue weighted by molar-refractivity contribution is 7.98. The van der Waals surface area contributed by atoms with E-state index in [-0.39, 0.29) is 0 Å². The number of ether oxygens (including phenoxy) is 1. The van der Waals surface area contributed by atoms with E-state index in [1.54, 1.807) is 11.8 Å². The van der Waals surface area contributed by atoms with E-state index in [2.05, 4.69) is 30.5 Å². The zero-order chi connectivity index (χ0) is 8.39. The first-order valence-electron chi connectivity index (χ1n) is 4.12. The zero-order valence-electron chi connectivity index (χ0n) is 7.12. The first-order chi connectivity index (χ1) is 5.90. The molecule has 2 heteroatoms. The molecule has 1 saturated heterocycles. The van der Waals surface area contributed by atoms with E-state index in [9.17, 15) is 0 Å². The van der Waals surface area contributed by atoms with Gasteiger partial charge in [-0.2, -0.15) is 0 Å². The van der Waals surface area contributed by atoms with Crippen molar-refractivity contribution in [2.45, 2.75) is 10.8 Å². The third-order valence-electron chi connectivity index (χ3n) is 2.23. The molecule has 0 radical (unpaired) electrons. The van der Waals surface area contributed by atoms with Crippen molar-refractivity contribution >= 4 is 11.8 Å². The smallest absolute Gasteiger partial charge is 0.0557 e. The van der Waals surface area contributed by atoms with Gasteiger partial charge in [-0.3, -0.25) is 0 Å². The summed E-state index contributed by atoms with van der Waals surface area (Å²) < 4.78 is 5.14. The van der Waals surface area contributed by atoms with Gasteiger partial charge in [0, 0.05) is 10.8 Å². The Morgan fingerprint density at radius 2 is 1.92 bits per heavy atom. The average Bonchev–Trinajstić information content (AvgIpc) is 2.03. The molecule has 0 spiro atoms. The van der Waals surface area contributed by atoms with Crippen LogP contribution in [-0.2, 0) is 4.74 Å². The Balaban J connectivity index is 2.13. The van der Waals surface area contributed by atoms with Crippen LogP contribution in [0.3, 0.4) is 0 Å². The first-order valence-corrected chi connectivity index (χ1v) is 5.34. The highest BCUT2D eigenvalue weighted by Gasteiger charge is 2.19. The SMILES string of the molecule is CSc1ccc(C2COC2)cc1. The van der Waals surface area contributed by atoms with Gasteiger partial charge in [-0.25, -0.2) is 0 Å². The van der Waals surface area contributed by atoms with Gasteiger partial charge >= 0.3 is 0 Å². The van der Waals surface area contributed by atoms with Crippen LogP contribution in [0.2, 0.25) is 0 Å². The summed E-state index contributed by atoms with van der Waals surface area (Å²) in [5, 5.41) is 0. The second-order valence-corrected chi connectivity index (χ2v) is 3.89. The molecule has 1 nitrogen and oxygen atoms in total. The van der Waals surface area contributed by atoms with Crippen LogP contribution in [-0.4, -0.2) is 19.5 Å². The first kappa shape index (κ1) is 8.14. The van der Waals surface area contributed by atoms with E-state index in [0.29, 0.717) is 5.92 Å². The molecule has 1 aliphatic heterocycles. The highest BCUT2D eigenvalue weighted by atomic mass is 32.2. The highest BCUT2D eigenvalue weighted by Crippen LogP contribution is 2.25. The van der Waals surface area contributed by atoms with Crippen molar-refractivity contribution in [3.8, 4) is 0 Å². The molecular formula is C10H12OS. The molecule has 0 atom stereocenters. The average molecular weight is 180 g/mol. The summed E-state index contributed by atoms with van der Waals surface area (Å²) in [6, 6.07) is 8.77. The van der Waals surface area contributed by atoms with Gasteiger partial charge in [0.2, 0.25) is 0 Å². The Hall–Kier alpha value is -0.470. The van der Waals surface area contributed by atoms with E-state index in [0.717, 1.165) is 13.2 Å². The second-order valence-electron chi connectivity index (χ2n) is 3.01. The predicted octanol–water partition coefficient (Wildman–Crippen LogP) is 2.52. The maximum absolute atomic E-state index is 5.14. The molecule has 1 heterocycles. The minimum absolute atomic E-state index is 0.654. The van der Waals surface area contributed by atoms with Crippen LogP contribution < -0.4 is 0 Å². The van der Waals surface area contributed by atoms with Gasteiger partial charge in [-0.1, -0.05) is 12.1 Å². The molecule has 0 saturated carbocycles. The third-order valence-corrected chi connectivity index (χ3v) is 2.97. The standard InChI is InChI=1S/C10H12OS/c1-12-10-4-2-8(3-5-10)9-6-11-7-9/h2-5,9H,6-7H2,1H3. The summed E-state index contributed by atoms with van der Waals surface area (Å²) in [6.45, 7) is 1.80. The van der Waals surface area contributed by atoms with Crippen molar-refractivity contribution in [1.82, 2.24) is 0 Å². The van der Waals surface area contributed by atoms with E-state index >= 15 is 0 Å². The normalized spacial score (nSPS) is 17.4. The zero-order valence-corrected chi connectivity index (χ0v) is 7.93. The summed E-state index contributed by atoms with van der Waals surface area (Å²) >= 11 is 1.78. The Labute approximate surface area is 77.1 Å². The van der Waals surface area contributed by atoms with Crippen LogP contribution >= 0.6 is 11.8 Å². The molecule has 0 aromatic heterocycles. The minimum Gasteiger partial charge on any atom is -0.380 e. The monoisotopic (exact) mass is 180 g/mol. The maximum Gasteiger partial charge on any atom is 0.0557 e. The van der Waals surface area contributed by atoms with Gasteiger partial charge in [-0.15, -0.1) is 11.8 Å². The second kappa shape index (κ2) is 3.50. The molecule has 0 bridgehead atoms. The Bertz CT molecular complexity index is 251. The summed E-state index contributed by atoms with van der Waals surface area (Å²) in [6.07, 6.45) is 2.10. The fourth-order valence-corrected chi connectivity index (χ4v) is 1.71. The molecule has 1 aromatic carbocycles. The molecular weight excluding hydrogens is 168 g/mol. The van der Waals surface area contributed by atoms with Crippen molar-refractivity contribution < 1.29 is 4.74 Å². The van der Waals surface area contributed by atoms with Crippen molar-refractivity contribution in [2.75, 3.05) is 19.5 Å². The van der Waals surface area contributed by atoms with E-state index in [1.165, 1.54) is 10.5 Å². The molecule has 2 rings (SSSR count). The molecule has 1 aliphatic rings. The van der Waals surface area contributed by atoms with Crippen LogP contribution in [0.5, 0.6) is 0 Å². The number of benzene rings is 1. The van der Waals surface area contributed by atoms with Crippen LogP contribution in [0, 0.1) is 0 Å². The quantitative estimate of drug-likeness (QED) is 0.647. The van der Waals surface area contributed by atoms with Crippen LogP contribution in [0.25, 0.3) is 0 Å². The van der Waals surface area contributed by atoms with E-state index in [1.807, 2.05) is 0 Å². The van der Waals surface area contributed by atoms with Crippen molar-refractivity contribution in [3.63, 3.8) is 0 Å². The van der Waals surface area contributed by atoms with Gasteiger partial charge in [0.05, 0.1) is 13.2 Å². The Morgan fingerprint density at radius 3 is 2.33 bits per heavy atom. The molecule has 0 N–H and O–H groups in total. The summed E-state index contributed by atoms with van der Waals surface area (Å²) in [5.74, 6) is 0.654. The molecule has 12 heavy (non-hydrogen) atoms. The Kier molecular flexibility index (Phi) is 2.38. The van der Waals surface area contributed by atoms with Gasteiger partial charge in [0.1, 0.15) is 0 Å². The van der Waals surface area contributed by atoms with Crippen molar-refractivity contribution in [1.29, 1.82) is 0 Å². The fourth-order valence-electron chi connectivity index (χ4n) is 1.30. The summed E-state index contributed by atoms with van der Waals surface area (Å²) in [4.78, 5) is 1.33. The topological polar surface area (TPSA) is 9.23 Å². The molecule has 0 aliphatic carbocycles. The number of rotatable bonds is 2. The predicted molar refractivity (Wildman–Crippen MR) is 51.8 cm³/mol. The Morgan fingerprint density at radius 1 is 1.25 bits per heavy atom. The lowest BCUT2D eigenvalue weighted by molar-refractivity contribution is 0.00840. The van der Waals surface area contributed by atoms with Crippen LogP contribution in [0.15, 0.2) is 29.2 Å². The lowest BCUT2D eigenvalue weighted by atomic mass is 9.98. The molecule has 0 unspecified atom stereocenters. The molecule has 64 valence electrons. The van der Waals surface area contributed by atoms with E-state index in [4.69, 9.17) is 4.74 Å². The summed E-state index contributed by atoms with van der Waals surface area (Å²) in [7, 11) is 0. The van der Waals surface area contributed by atoms with Crippen molar-refractivity contribution in [3.05, 3.63) is 29.8 Å². The minimum atomic E-state index is 0.654. The molecule has 1 fully saturated rings. The van der Waals surface area contributed by atoms with Crippen LogP contribution in [0.1, 0.15) is 11.5 Å². The lowest BCUT2D eigenvalue weighted by Crippen LogP contribution is -2.24. The van der Waals surface area contributed by atoms with E-state index < -0.39 is 0 Å². The molecule has 0 amide bonds. The van der Waals surface area contributed by atoms with Crippen LogP contribution in [0.4, 0.5) is 0 Å². The van der Waals surface area contributed by atoms with Gasteiger partial charge in [0.25, 0.3) is 0 Å². The van der Waals surface area contributed by atoms with Gasteiger partial charge in [0.15, 0.2) is 0 Å². The maximum atomic E-state index is 5.14. The third kappa shape index (κ3) is 1.50. The number of hydrogen-bond donors (Lipinski definition) is 0. The number of hydrogen-bond acceptors (Lipinski definition) is 2. The van der Waals surface area contributed by atoms with Crippen molar-refractivity contribution in [2.24, 2.45) is 0 Å². The van der Waals surface area contributed by atoms with Gasteiger partial charge < -0.3 is 4.74 Å². The summed E-state index contributed by atoms with van der Waals surface area (Å²) in [5.41, 5.74) is 1.42.